The van der Waals surface area contributed by atoms with Gasteiger partial charge in [0.05, 0.1) is 23.8 Å². The van der Waals surface area contributed by atoms with Crippen LogP contribution in [0.3, 0.4) is 0 Å². The standard InChI is InChI=1S/C13H16N2O3/c1-13(2,9-16)15-12(17)8-18-11-5-3-10(7-14)4-6-11/h3-6,16H,8-9H2,1-2H3,(H,15,17). The van der Waals surface area contributed by atoms with E-state index in [1.54, 1.807) is 38.1 Å². The van der Waals surface area contributed by atoms with Gasteiger partial charge in [-0.2, -0.15) is 5.26 Å². The van der Waals surface area contributed by atoms with Gasteiger partial charge in [-0.3, -0.25) is 4.79 Å². The van der Waals surface area contributed by atoms with Crippen LogP contribution in [0.5, 0.6) is 5.75 Å². The van der Waals surface area contributed by atoms with Crippen LogP contribution in [0, 0.1) is 11.3 Å². The molecule has 0 aliphatic rings. The molecular weight excluding hydrogens is 232 g/mol. The summed E-state index contributed by atoms with van der Waals surface area (Å²) in [5.74, 6) is 0.212. The fourth-order valence-corrected chi connectivity index (χ4v) is 1.23. The number of aliphatic hydroxyl groups excluding tert-OH is 1. The molecule has 0 saturated heterocycles. The molecule has 0 aliphatic carbocycles. The summed E-state index contributed by atoms with van der Waals surface area (Å²) >= 11 is 0. The van der Waals surface area contributed by atoms with Crippen LogP contribution in [0.4, 0.5) is 0 Å². The Hall–Kier alpha value is -2.06. The van der Waals surface area contributed by atoms with E-state index in [2.05, 4.69) is 5.32 Å². The van der Waals surface area contributed by atoms with Crippen LogP contribution in [-0.2, 0) is 4.79 Å². The van der Waals surface area contributed by atoms with Gasteiger partial charge in [-0.05, 0) is 38.1 Å². The molecule has 0 atom stereocenters. The number of nitrogens with zero attached hydrogens (tertiary/aromatic N) is 1. The Bertz CT molecular complexity index is 446. The largest absolute Gasteiger partial charge is 0.484 e. The molecule has 2 N–H and O–H groups in total. The average Bonchev–Trinajstić information content (AvgIpc) is 2.36. The lowest BCUT2D eigenvalue weighted by atomic mass is 10.1. The molecule has 96 valence electrons. The third-order valence-electron chi connectivity index (χ3n) is 2.23. The van der Waals surface area contributed by atoms with E-state index in [0.717, 1.165) is 0 Å². The van der Waals surface area contributed by atoms with Crippen LogP contribution in [0.2, 0.25) is 0 Å². The van der Waals surface area contributed by atoms with Gasteiger partial charge in [-0.15, -0.1) is 0 Å². The molecule has 0 unspecified atom stereocenters. The summed E-state index contributed by atoms with van der Waals surface area (Å²) in [6.45, 7) is 3.16. The van der Waals surface area contributed by atoms with Gasteiger partial charge in [0.15, 0.2) is 6.61 Å². The summed E-state index contributed by atoms with van der Waals surface area (Å²) in [6, 6.07) is 8.48. The summed E-state index contributed by atoms with van der Waals surface area (Å²) in [5.41, 5.74) is -0.126. The molecular formula is C13H16N2O3. The topological polar surface area (TPSA) is 82.3 Å². The Morgan fingerprint density at radius 3 is 2.56 bits per heavy atom. The van der Waals surface area contributed by atoms with Crippen LogP contribution in [0.25, 0.3) is 0 Å². The van der Waals surface area contributed by atoms with Crippen molar-refractivity contribution in [2.75, 3.05) is 13.2 Å². The summed E-state index contributed by atoms with van der Waals surface area (Å²) in [6.07, 6.45) is 0. The summed E-state index contributed by atoms with van der Waals surface area (Å²) in [7, 11) is 0. The predicted molar refractivity (Wildman–Crippen MR) is 66.0 cm³/mol. The zero-order valence-corrected chi connectivity index (χ0v) is 10.4. The molecule has 0 bridgehead atoms. The van der Waals surface area contributed by atoms with E-state index in [1.807, 2.05) is 6.07 Å². The van der Waals surface area contributed by atoms with Gasteiger partial charge < -0.3 is 15.2 Å². The van der Waals surface area contributed by atoms with E-state index in [0.29, 0.717) is 11.3 Å². The van der Waals surface area contributed by atoms with Crippen molar-refractivity contribution in [3.8, 4) is 11.8 Å². The fourth-order valence-electron chi connectivity index (χ4n) is 1.23. The highest BCUT2D eigenvalue weighted by atomic mass is 16.5. The lowest BCUT2D eigenvalue weighted by molar-refractivity contribution is -0.125. The molecule has 0 radical (unpaired) electrons. The van der Waals surface area contributed by atoms with Crippen LogP contribution in [0.15, 0.2) is 24.3 Å². The first-order valence-electron chi connectivity index (χ1n) is 5.52. The fraction of sp³-hybridized carbons (Fsp3) is 0.385. The highest BCUT2D eigenvalue weighted by molar-refractivity contribution is 5.78. The first-order valence-corrected chi connectivity index (χ1v) is 5.52. The van der Waals surface area contributed by atoms with Crippen molar-refractivity contribution in [1.82, 2.24) is 5.32 Å². The number of hydrogen-bond acceptors (Lipinski definition) is 4. The monoisotopic (exact) mass is 248 g/mol. The minimum Gasteiger partial charge on any atom is -0.484 e. The lowest BCUT2D eigenvalue weighted by Crippen LogP contribution is -2.48. The molecule has 5 heteroatoms. The number of nitriles is 1. The van der Waals surface area contributed by atoms with Gasteiger partial charge >= 0.3 is 0 Å². The molecule has 18 heavy (non-hydrogen) atoms. The summed E-state index contributed by atoms with van der Waals surface area (Å²) < 4.78 is 5.25. The molecule has 1 aromatic rings. The number of carbonyl (C=O) groups is 1. The van der Waals surface area contributed by atoms with Crippen molar-refractivity contribution >= 4 is 5.91 Å². The Morgan fingerprint density at radius 1 is 1.44 bits per heavy atom. The maximum atomic E-state index is 11.5. The lowest BCUT2D eigenvalue weighted by Gasteiger charge is -2.23. The molecule has 5 nitrogen and oxygen atoms in total. The average molecular weight is 248 g/mol. The Morgan fingerprint density at radius 2 is 2.06 bits per heavy atom. The van der Waals surface area contributed by atoms with Crippen molar-refractivity contribution in [1.29, 1.82) is 5.26 Å². The Balaban J connectivity index is 2.45. The van der Waals surface area contributed by atoms with Crippen LogP contribution in [0.1, 0.15) is 19.4 Å². The van der Waals surface area contributed by atoms with Gasteiger partial charge in [0.1, 0.15) is 5.75 Å². The molecule has 0 aromatic heterocycles. The maximum Gasteiger partial charge on any atom is 0.258 e. The zero-order valence-electron chi connectivity index (χ0n) is 10.4. The second kappa shape index (κ2) is 6.03. The van der Waals surface area contributed by atoms with Crippen molar-refractivity contribution < 1.29 is 14.6 Å². The number of ether oxygens (including phenoxy) is 1. The Kier molecular flexibility index (Phi) is 4.69. The van der Waals surface area contributed by atoms with Crippen molar-refractivity contribution in [3.63, 3.8) is 0 Å². The minimum atomic E-state index is -0.662. The first-order chi connectivity index (χ1) is 8.46. The van der Waals surface area contributed by atoms with Gasteiger partial charge in [-0.25, -0.2) is 0 Å². The number of benzene rings is 1. The number of hydrogen-bond donors (Lipinski definition) is 2. The van der Waals surface area contributed by atoms with E-state index in [4.69, 9.17) is 15.1 Å². The van der Waals surface area contributed by atoms with E-state index < -0.39 is 5.54 Å². The van der Waals surface area contributed by atoms with Crippen molar-refractivity contribution in [2.24, 2.45) is 0 Å². The molecule has 0 saturated carbocycles. The number of carbonyl (C=O) groups excluding carboxylic acids is 1. The van der Waals surface area contributed by atoms with E-state index >= 15 is 0 Å². The number of rotatable bonds is 5. The summed E-state index contributed by atoms with van der Waals surface area (Å²) in [5, 5.41) is 20.3. The number of aliphatic hydroxyl groups is 1. The number of amides is 1. The van der Waals surface area contributed by atoms with Crippen molar-refractivity contribution in [3.05, 3.63) is 29.8 Å². The second-order valence-electron chi connectivity index (χ2n) is 4.52. The molecule has 0 spiro atoms. The molecule has 1 rings (SSSR count). The first kappa shape index (κ1) is 14.0. The van der Waals surface area contributed by atoms with Gasteiger partial charge in [0.25, 0.3) is 5.91 Å². The van der Waals surface area contributed by atoms with Gasteiger partial charge in [-0.1, -0.05) is 0 Å². The molecule has 0 heterocycles. The second-order valence-corrected chi connectivity index (χ2v) is 4.52. The number of nitrogens with one attached hydrogen (secondary N) is 1. The minimum absolute atomic E-state index is 0.130. The normalized spacial score (nSPS) is 10.6. The molecule has 0 aliphatic heterocycles. The van der Waals surface area contributed by atoms with Gasteiger partial charge in [0.2, 0.25) is 0 Å². The highest BCUT2D eigenvalue weighted by Gasteiger charge is 2.19. The summed E-state index contributed by atoms with van der Waals surface area (Å²) in [4.78, 5) is 11.5. The SMILES string of the molecule is CC(C)(CO)NC(=O)COc1ccc(C#N)cc1. The molecule has 1 amide bonds. The third kappa shape index (κ3) is 4.44. The Labute approximate surface area is 106 Å². The van der Waals surface area contributed by atoms with Crippen LogP contribution >= 0.6 is 0 Å². The van der Waals surface area contributed by atoms with E-state index in [9.17, 15) is 4.79 Å². The predicted octanol–water partition coefficient (Wildman–Crippen LogP) is 0.824. The highest BCUT2D eigenvalue weighted by Crippen LogP contribution is 2.11. The zero-order chi connectivity index (χ0) is 13.6. The molecule has 0 fully saturated rings. The van der Waals surface area contributed by atoms with Gasteiger partial charge in [0, 0.05) is 0 Å². The van der Waals surface area contributed by atoms with Crippen LogP contribution in [-0.4, -0.2) is 29.8 Å². The maximum absolute atomic E-state index is 11.5. The van der Waals surface area contributed by atoms with Crippen molar-refractivity contribution in [2.45, 2.75) is 19.4 Å². The third-order valence-corrected chi connectivity index (χ3v) is 2.23. The van der Waals surface area contributed by atoms with E-state index in [-0.39, 0.29) is 19.1 Å². The smallest absolute Gasteiger partial charge is 0.258 e. The molecule has 1 aromatic carbocycles. The van der Waals surface area contributed by atoms with Crippen LogP contribution < -0.4 is 10.1 Å². The quantitative estimate of drug-likeness (QED) is 0.808. The van der Waals surface area contributed by atoms with E-state index in [1.165, 1.54) is 0 Å².